The second kappa shape index (κ2) is 6.05. The molecule has 0 bridgehead atoms. The van der Waals surface area contributed by atoms with Crippen LogP contribution in [0.5, 0.6) is 0 Å². The smallest absolute Gasteiger partial charge is 0.250 e. The topological polar surface area (TPSA) is 41.5 Å². The molecule has 1 heterocycles. The molecule has 1 aromatic carbocycles. The van der Waals surface area contributed by atoms with Gasteiger partial charge in [-0.05, 0) is 25.0 Å². The fourth-order valence-corrected chi connectivity index (χ4v) is 2.82. The molecule has 1 aliphatic heterocycles. The Bertz CT molecular complexity index is 471. The van der Waals surface area contributed by atoms with Gasteiger partial charge in [-0.2, -0.15) is 0 Å². The van der Waals surface area contributed by atoms with Gasteiger partial charge in [0.2, 0.25) is 5.91 Å². The third-order valence-corrected chi connectivity index (χ3v) is 4.09. The van der Waals surface area contributed by atoms with Crippen molar-refractivity contribution in [3.05, 3.63) is 29.8 Å². The van der Waals surface area contributed by atoms with Gasteiger partial charge in [0.1, 0.15) is 11.9 Å². The van der Waals surface area contributed by atoms with Gasteiger partial charge >= 0.3 is 0 Å². The first-order valence-electron chi connectivity index (χ1n) is 6.26. The average molecular weight is 262 g/mol. The standard InChI is InChI=1S/C14H18N2OS/c1-3-6-11-14(17)16-13(15-11)9-18-12-8-5-4-7-10(12)2/h4-5,7-8,11H,3,6,9H2,1-2H3,(H,15,16,17). The van der Waals surface area contributed by atoms with Crippen molar-refractivity contribution in [2.75, 3.05) is 5.75 Å². The fourth-order valence-electron chi connectivity index (χ4n) is 1.91. The number of benzene rings is 1. The molecule has 0 fully saturated rings. The molecule has 0 saturated carbocycles. The van der Waals surface area contributed by atoms with Gasteiger partial charge in [0, 0.05) is 4.90 Å². The van der Waals surface area contributed by atoms with Gasteiger partial charge in [-0.15, -0.1) is 11.8 Å². The number of nitrogens with zero attached hydrogens (tertiary/aromatic N) is 1. The van der Waals surface area contributed by atoms with E-state index in [1.165, 1.54) is 10.5 Å². The average Bonchev–Trinajstić information content (AvgIpc) is 2.70. The summed E-state index contributed by atoms with van der Waals surface area (Å²) in [5.41, 5.74) is 1.26. The molecular formula is C14H18N2OS. The molecule has 0 radical (unpaired) electrons. The van der Waals surface area contributed by atoms with E-state index in [2.05, 4.69) is 36.3 Å². The van der Waals surface area contributed by atoms with Gasteiger partial charge in [0.25, 0.3) is 0 Å². The summed E-state index contributed by atoms with van der Waals surface area (Å²) in [6, 6.07) is 8.09. The maximum absolute atomic E-state index is 11.6. The lowest BCUT2D eigenvalue weighted by Gasteiger charge is -2.04. The fraction of sp³-hybridized carbons (Fsp3) is 0.429. The largest absolute Gasteiger partial charge is 0.312 e. The first kappa shape index (κ1) is 13.1. The molecular weight excluding hydrogens is 244 g/mol. The highest BCUT2D eigenvalue weighted by Crippen LogP contribution is 2.22. The Morgan fingerprint density at radius 2 is 2.17 bits per heavy atom. The number of hydrogen-bond donors (Lipinski definition) is 1. The number of carbonyl (C=O) groups excluding carboxylic acids is 1. The van der Waals surface area contributed by atoms with E-state index in [0.717, 1.165) is 24.4 Å². The molecule has 0 aromatic heterocycles. The first-order chi connectivity index (χ1) is 8.70. The highest BCUT2D eigenvalue weighted by atomic mass is 32.2. The molecule has 1 N–H and O–H groups in total. The van der Waals surface area contributed by atoms with Crippen LogP contribution in [0.2, 0.25) is 0 Å². The first-order valence-corrected chi connectivity index (χ1v) is 7.25. The van der Waals surface area contributed by atoms with Crippen LogP contribution < -0.4 is 5.32 Å². The van der Waals surface area contributed by atoms with Gasteiger partial charge < -0.3 is 5.32 Å². The minimum Gasteiger partial charge on any atom is -0.312 e. The summed E-state index contributed by atoms with van der Waals surface area (Å²) in [5, 5.41) is 2.87. The molecule has 3 nitrogen and oxygen atoms in total. The molecule has 2 rings (SSSR count). The van der Waals surface area contributed by atoms with E-state index in [-0.39, 0.29) is 11.9 Å². The van der Waals surface area contributed by atoms with E-state index in [4.69, 9.17) is 0 Å². The minimum atomic E-state index is -0.164. The van der Waals surface area contributed by atoms with Gasteiger partial charge in [-0.1, -0.05) is 31.5 Å². The lowest BCUT2D eigenvalue weighted by molar-refractivity contribution is -0.120. The number of amidine groups is 1. The summed E-state index contributed by atoms with van der Waals surface area (Å²) in [5.74, 6) is 1.60. The van der Waals surface area contributed by atoms with Crippen LogP contribution in [0.4, 0.5) is 0 Å². The highest BCUT2D eigenvalue weighted by molar-refractivity contribution is 8.00. The predicted molar refractivity (Wildman–Crippen MR) is 76.2 cm³/mol. The lowest BCUT2D eigenvalue weighted by atomic mass is 10.2. The maximum Gasteiger partial charge on any atom is 0.250 e. The Morgan fingerprint density at radius 1 is 1.39 bits per heavy atom. The van der Waals surface area contributed by atoms with Crippen LogP contribution >= 0.6 is 11.8 Å². The van der Waals surface area contributed by atoms with Gasteiger partial charge in [-0.3, -0.25) is 9.79 Å². The molecule has 0 saturated heterocycles. The van der Waals surface area contributed by atoms with Crippen molar-refractivity contribution in [1.29, 1.82) is 0 Å². The number of aryl methyl sites for hydroxylation is 1. The van der Waals surface area contributed by atoms with Crippen LogP contribution in [0.3, 0.4) is 0 Å². The van der Waals surface area contributed by atoms with Gasteiger partial charge in [-0.25, -0.2) is 0 Å². The molecule has 0 aliphatic carbocycles. The Hall–Kier alpha value is -1.29. The summed E-state index contributed by atoms with van der Waals surface area (Å²) in [7, 11) is 0. The third kappa shape index (κ3) is 3.13. The molecule has 1 unspecified atom stereocenters. The Kier molecular flexibility index (Phi) is 4.42. The molecule has 0 spiro atoms. The zero-order chi connectivity index (χ0) is 13.0. The number of aliphatic imine (C=N–C) groups is 1. The zero-order valence-corrected chi connectivity index (χ0v) is 11.6. The number of carbonyl (C=O) groups is 1. The van der Waals surface area contributed by atoms with Crippen molar-refractivity contribution in [3.8, 4) is 0 Å². The second-order valence-corrected chi connectivity index (χ2v) is 5.44. The van der Waals surface area contributed by atoms with E-state index < -0.39 is 0 Å². The van der Waals surface area contributed by atoms with E-state index >= 15 is 0 Å². The molecule has 1 amide bonds. The summed E-state index contributed by atoms with van der Waals surface area (Å²) in [4.78, 5) is 17.3. The SMILES string of the molecule is CCCC1N=C(CSc2ccccc2C)NC1=O. The van der Waals surface area contributed by atoms with E-state index in [1.807, 2.05) is 12.1 Å². The van der Waals surface area contributed by atoms with Crippen LogP contribution in [0.1, 0.15) is 25.3 Å². The normalized spacial score (nSPS) is 18.7. The van der Waals surface area contributed by atoms with Gasteiger partial charge in [0.15, 0.2) is 0 Å². The zero-order valence-electron chi connectivity index (χ0n) is 10.8. The predicted octanol–water partition coefficient (Wildman–Crippen LogP) is 2.78. The quantitative estimate of drug-likeness (QED) is 0.829. The summed E-state index contributed by atoms with van der Waals surface area (Å²) < 4.78 is 0. The van der Waals surface area contributed by atoms with Gasteiger partial charge in [0.05, 0.1) is 5.75 Å². The Morgan fingerprint density at radius 3 is 2.89 bits per heavy atom. The molecule has 1 aliphatic rings. The lowest BCUT2D eigenvalue weighted by Crippen LogP contribution is -2.29. The molecule has 96 valence electrons. The number of amides is 1. The maximum atomic E-state index is 11.6. The number of rotatable bonds is 5. The van der Waals surface area contributed by atoms with Crippen molar-refractivity contribution in [3.63, 3.8) is 0 Å². The highest BCUT2D eigenvalue weighted by Gasteiger charge is 2.24. The van der Waals surface area contributed by atoms with Crippen LogP contribution in [0, 0.1) is 6.92 Å². The monoisotopic (exact) mass is 262 g/mol. The minimum absolute atomic E-state index is 0.0530. The van der Waals surface area contributed by atoms with Crippen molar-refractivity contribution in [2.24, 2.45) is 4.99 Å². The summed E-state index contributed by atoms with van der Waals surface area (Å²) in [6.45, 7) is 4.17. The number of nitrogens with one attached hydrogen (secondary N) is 1. The number of hydrogen-bond acceptors (Lipinski definition) is 3. The summed E-state index contributed by atoms with van der Waals surface area (Å²) in [6.07, 6.45) is 1.82. The van der Waals surface area contributed by atoms with Crippen molar-refractivity contribution in [1.82, 2.24) is 5.32 Å². The van der Waals surface area contributed by atoms with E-state index in [1.54, 1.807) is 11.8 Å². The third-order valence-electron chi connectivity index (χ3n) is 2.90. The molecule has 1 aromatic rings. The van der Waals surface area contributed by atoms with E-state index in [9.17, 15) is 4.79 Å². The Balaban J connectivity index is 1.94. The summed E-state index contributed by atoms with van der Waals surface area (Å²) >= 11 is 1.72. The molecule has 4 heteroatoms. The molecule has 18 heavy (non-hydrogen) atoms. The Labute approximate surface area is 112 Å². The van der Waals surface area contributed by atoms with Crippen LogP contribution in [-0.4, -0.2) is 23.5 Å². The second-order valence-electron chi connectivity index (χ2n) is 4.42. The van der Waals surface area contributed by atoms with Crippen molar-refractivity contribution >= 4 is 23.5 Å². The van der Waals surface area contributed by atoms with Crippen LogP contribution in [0.15, 0.2) is 34.2 Å². The van der Waals surface area contributed by atoms with E-state index in [0.29, 0.717) is 0 Å². The van der Waals surface area contributed by atoms with Crippen LogP contribution in [0.25, 0.3) is 0 Å². The van der Waals surface area contributed by atoms with Crippen molar-refractivity contribution in [2.45, 2.75) is 37.6 Å². The number of thioether (sulfide) groups is 1. The van der Waals surface area contributed by atoms with Crippen molar-refractivity contribution < 1.29 is 4.79 Å². The van der Waals surface area contributed by atoms with Crippen LogP contribution in [-0.2, 0) is 4.79 Å². The molecule has 1 atom stereocenters.